The molecule has 4 nitrogen and oxygen atoms in total. The molecule has 1 unspecified atom stereocenters. The molecule has 1 aromatic rings. The molecule has 2 rings (SSSR count). The predicted octanol–water partition coefficient (Wildman–Crippen LogP) is 1.26. The van der Waals surface area contributed by atoms with E-state index < -0.39 is 0 Å². The summed E-state index contributed by atoms with van der Waals surface area (Å²) in [5.41, 5.74) is 2.62. The molecule has 4 heteroatoms. The molecule has 0 saturated heterocycles. The Balaban J connectivity index is 2.09. The van der Waals surface area contributed by atoms with Crippen LogP contribution in [-0.4, -0.2) is 37.2 Å². The molecule has 0 radical (unpaired) electrons. The van der Waals surface area contributed by atoms with Crippen LogP contribution in [0.2, 0.25) is 0 Å². The van der Waals surface area contributed by atoms with Crippen LogP contribution in [0.15, 0.2) is 6.33 Å². The second-order valence-electron chi connectivity index (χ2n) is 5.02. The van der Waals surface area contributed by atoms with Crippen molar-refractivity contribution in [3.63, 3.8) is 0 Å². The molecule has 1 aliphatic carbocycles. The highest BCUT2D eigenvalue weighted by atomic mass is 15.2. The number of hydrogen-bond donors (Lipinski definition) is 1. The smallest absolute Gasteiger partial charge is 0.135 e. The molecule has 0 aliphatic heterocycles. The zero-order valence-electron chi connectivity index (χ0n) is 11.0. The third-order valence-electron chi connectivity index (χ3n) is 3.35. The first-order valence-corrected chi connectivity index (χ1v) is 6.41. The van der Waals surface area contributed by atoms with Crippen molar-refractivity contribution in [3.05, 3.63) is 17.6 Å². The van der Waals surface area contributed by atoms with E-state index in [2.05, 4.69) is 34.2 Å². The number of hydrogen-bond acceptors (Lipinski definition) is 4. The quantitative estimate of drug-likeness (QED) is 0.832. The first kappa shape index (κ1) is 12.3. The maximum absolute atomic E-state index is 4.46. The first-order valence-electron chi connectivity index (χ1n) is 6.41. The van der Waals surface area contributed by atoms with Crippen molar-refractivity contribution in [2.45, 2.75) is 26.2 Å². The highest BCUT2D eigenvalue weighted by molar-refractivity contribution is 5.49. The number of anilines is 1. The maximum atomic E-state index is 4.46. The third kappa shape index (κ3) is 2.75. The van der Waals surface area contributed by atoms with Crippen molar-refractivity contribution in [1.82, 2.24) is 15.3 Å². The average Bonchev–Trinajstić information content (AvgIpc) is 2.76. The third-order valence-corrected chi connectivity index (χ3v) is 3.35. The molecule has 1 aromatic heterocycles. The molecule has 1 atom stereocenters. The van der Waals surface area contributed by atoms with Gasteiger partial charge >= 0.3 is 0 Å². The molecule has 0 saturated carbocycles. The van der Waals surface area contributed by atoms with Crippen molar-refractivity contribution in [1.29, 1.82) is 0 Å². The van der Waals surface area contributed by atoms with Gasteiger partial charge < -0.3 is 10.2 Å². The number of rotatable bonds is 5. The molecule has 1 N–H and O–H groups in total. The molecule has 0 spiro atoms. The lowest BCUT2D eigenvalue weighted by atomic mass is 10.1. The zero-order valence-corrected chi connectivity index (χ0v) is 11.0. The summed E-state index contributed by atoms with van der Waals surface area (Å²) in [5, 5.41) is 3.22. The van der Waals surface area contributed by atoms with Crippen molar-refractivity contribution >= 4 is 5.82 Å². The van der Waals surface area contributed by atoms with Crippen LogP contribution in [0.1, 0.15) is 24.6 Å². The summed E-state index contributed by atoms with van der Waals surface area (Å²) >= 11 is 0. The van der Waals surface area contributed by atoms with E-state index in [9.17, 15) is 0 Å². The molecule has 1 heterocycles. The molecule has 0 fully saturated rings. The number of nitrogens with one attached hydrogen (secondary N) is 1. The number of aromatic nitrogens is 2. The summed E-state index contributed by atoms with van der Waals surface area (Å²) in [4.78, 5) is 11.1. The van der Waals surface area contributed by atoms with Crippen LogP contribution in [0.5, 0.6) is 0 Å². The topological polar surface area (TPSA) is 41.0 Å². The highest BCUT2D eigenvalue weighted by Crippen LogP contribution is 2.27. The van der Waals surface area contributed by atoms with Gasteiger partial charge in [0.2, 0.25) is 0 Å². The first-order chi connectivity index (χ1) is 8.22. The van der Waals surface area contributed by atoms with Crippen LogP contribution >= 0.6 is 0 Å². The van der Waals surface area contributed by atoms with Crippen LogP contribution in [-0.2, 0) is 12.8 Å². The van der Waals surface area contributed by atoms with E-state index in [4.69, 9.17) is 0 Å². The second kappa shape index (κ2) is 5.45. The minimum Gasteiger partial charge on any atom is -0.359 e. The van der Waals surface area contributed by atoms with E-state index in [1.807, 2.05) is 7.05 Å². The zero-order chi connectivity index (χ0) is 12.3. The molecule has 1 aliphatic rings. The van der Waals surface area contributed by atoms with Gasteiger partial charge in [-0.3, -0.25) is 0 Å². The van der Waals surface area contributed by atoms with Gasteiger partial charge in [-0.05, 0) is 38.8 Å². The van der Waals surface area contributed by atoms with Gasteiger partial charge in [-0.1, -0.05) is 6.92 Å². The van der Waals surface area contributed by atoms with E-state index in [-0.39, 0.29) is 0 Å². The Kier molecular flexibility index (Phi) is 3.94. The Hall–Kier alpha value is -1.16. The van der Waals surface area contributed by atoms with Gasteiger partial charge in [0.05, 0.1) is 0 Å². The van der Waals surface area contributed by atoms with E-state index in [0.717, 1.165) is 31.7 Å². The van der Waals surface area contributed by atoms with Crippen molar-refractivity contribution < 1.29 is 0 Å². The van der Waals surface area contributed by atoms with E-state index in [0.29, 0.717) is 5.92 Å². The SMILES string of the molecule is CNCC(C)CN(C)c1ncnc2c1CCC2. The van der Waals surface area contributed by atoms with Gasteiger partial charge in [0, 0.05) is 24.8 Å². The van der Waals surface area contributed by atoms with Crippen LogP contribution in [0.25, 0.3) is 0 Å². The minimum absolute atomic E-state index is 0.622. The number of aryl methyl sites for hydroxylation is 1. The summed E-state index contributed by atoms with van der Waals surface area (Å²) in [6, 6.07) is 0. The predicted molar refractivity (Wildman–Crippen MR) is 70.4 cm³/mol. The molecule has 17 heavy (non-hydrogen) atoms. The highest BCUT2D eigenvalue weighted by Gasteiger charge is 2.19. The lowest BCUT2D eigenvalue weighted by molar-refractivity contribution is 0.540. The molecule has 94 valence electrons. The summed E-state index contributed by atoms with van der Waals surface area (Å²) in [7, 11) is 4.13. The minimum atomic E-state index is 0.622. The Bertz CT molecular complexity index is 378. The van der Waals surface area contributed by atoms with E-state index >= 15 is 0 Å². The number of nitrogens with zero attached hydrogens (tertiary/aromatic N) is 3. The molecular weight excluding hydrogens is 212 g/mol. The summed E-state index contributed by atoms with van der Waals surface area (Å²) < 4.78 is 0. The van der Waals surface area contributed by atoms with Crippen molar-refractivity contribution in [3.8, 4) is 0 Å². The lowest BCUT2D eigenvalue weighted by Crippen LogP contribution is -2.30. The Morgan fingerprint density at radius 2 is 2.24 bits per heavy atom. The summed E-state index contributed by atoms with van der Waals surface area (Å²) in [5.74, 6) is 1.76. The number of fused-ring (bicyclic) bond motifs is 1. The van der Waals surface area contributed by atoms with Gasteiger partial charge in [-0.25, -0.2) is 9.97 Å². The molecule has 0 amide bonds. The Morgan fingerprint density at radius 1 is 1.41 bits per heavy atom. The van der Waals surface area contributed by atoms with Gasteiger partial charge in [-0.15, -0.1) is 0 Å². The van der Waals surface area contributed by atoms with Crippen molar-refractivity contribution in [2.24, 2.45) is 5.92 Å². The van der Waals surface area contributed by atoms with E-state index in [1.165, 1.54) is 17.7 Å². The van der Waals surface area contributed by atoms with Gasteiger partial charge in [0.25, 0.3) is 0 Å². The lowest BCUT2D eigenvalue weighted by Gasteiger charge is -2.24. The largest absolute Gasteiger partial charge is 0.359 e. The summed E-state index contributed by atoms with van der Waals surface area (Å²) in [6.45, 7) is 4.33. The van der Waals surface area contributed by atoms with Crippen LogP contribution < -0.4 is 10.2 Å². The van der Waals surface area contributed by atoms with Crippen LogP contribution in [0.3, 0.4) is 0 Å². The molecule has 0 bridgehead atoms. The fourth-order valence-electron chi connectivity index (χ4n) is 2.64. The van der Waals surface area contributed by atoms with Crippen LogP contribution in [0, 0.1) is 5.92 Å². The Morgan fingerprint density at radius 3 is 3.00 bits per heavy atom. The standard InChI is InChI=1S/C13H22N4/c1-10(7-14-2)8-17(3)13-11-5-4-6-12(11)15-9-16-13/h9-10,14H,4-8H2,1-3H3. The summed E-state index contributed by atoms with van der Waals surface area (Å²) in [6.07, 6.45) is 5.18. The Labute approximate surface area is 103 Å². The van der Waals surface area contributed by atoms with Gasteiger partial charge in [0.15, 0.2) is 0 Å². The fourth-order valence-corrected chi connectivity index (χ4v) is 2.64. The van der Waals surface area contributed by atoms with E-state index in [1.54, 1.807) is 6.33 Å². The monoisotopic (exact) mass is 234 g/mol. The average molecular weight is 234 g/mol. The van der Waals surface area contributed by atoms with Crippen LogP contribution in [0.4, 0.5) is 5.82 Å². The van der Waals surface area contributed by atoms with Gasteiger partial charge in [-0.2, -0.15) is 0 Å². The van der Waals surface area contributed by atoms with Gasteiger partial charge in [0.1, 0.15) is 12.1 Å². The van der Waals surface area contributed by atoms with Crippen molar-refractivity contribution in [2.75, 3.05) is 32.1 Å². The second-order valence-corrected chi connectivity index (χ2v) is 5.02. The normalized spacial score (nSPS) is 15.7. The molecule has 0 aromatic carbocycles. The molecular formula is C13H22N4. The fraction of sp³-hybridized carbons (Fsp3) is 0.692. The maximum Gasteiger partial charge on any atom is 0.135 e.